The van der Waals surface area contributed by atoms with Gasteiger partial charge in [-0.05, 0) is 57.2 Å². The summed E-state index contributed by atoms with van der Waals surface area (Å²) >= 11 is 0. The monoisotopic (exact) mass is 316 g/mol. The van der Waals surface area contributed by atoms with Crippen LogP contribution in [0.15, 0.2) is 18.3 Å². The first kappa shape index (κ1) is 16.6. The zero-order valence-corrected chi connectivity index (χ0v) is 12.7. The van der Waals surface area contributed by atoms with Crippen LogP contribution in [0.3, 0.4) is 0 Å². The van der Waals surface area contributed by atoms with E-state index in [9.17, 15) is 18.0 Å². The molecule has 0 unspecified atom stereocenters. The van der Waals surface area contributed by atoms with Gasteiger partial charge in [0.25, 0.3) is 0 Å². The number of hydrogen-bond acceptors (Lipinski definition) is 3. The molecule has 1 saturated carbocycles. The van der Waals surface area contributed by atoms with Crippen LogP contribution in [0.1, 0.15) is 50.8 Å². The van der Waals surface area contributed by atoms with E-state index in [0.717, 1.165) is 6.07 Å². The number of aromatic nitrogens is 1. The second kappa shape index (κ2) is 5.78. The van der Waals surface area contributed by atoms with Gasteiger partial charge in [-0.1, -0.05) is 0 Å². The molecular weight excluding hydrogens is 297 g/mol. The van der Waals surface area contributed by atoms with E-state index in [4.69, 9.17) is 4.74 Å². The molecule has 1 aromatic rings. The number of pyridine rings is 1. The van der Waals surface area contributed by atoms with Gasteiger partial charge in [-0.25, -0.2) is 4.79 Å². The molecule has 7 heteroatoms. The van der Waals surface area contributed by atoms with Crippen LogP contribution in [0.4, 0.5) is 18.0 Å². The van der Waals surface area contributed by atoms with Gasteiger partial charge in [0, 0.05) is 12.2 Å². The zero-order valence-electron chi connectivity index (χ0n) is 12.7. The minimum Gasteiger partial charge on any atom is -0.444 e. The molecule has 22 heavy (non-hydrogen) atoms. The summed E-state index contributed by atoms with van der Waals surface area (Å²) in [6, 6.07) is 2.60. The van der Waals surface area contributed by atoms with Crippen molar-refractivity contribution in [3.63, 3.8) is 0 Å². The first-order chi connectivity index (χ1) is 10.0. The normalized spacial score (nSPS) is 21.9. The fourth-order valence-corrected chi connectivity index (χ4v) is 2.34. The quantitative estimate of drug-likeness (QED) is 0.901. The van der Waals surface area contributed by atoms with Crippen molar-refractivity contribution in [3.05, 3.63) is 29.6 Å². The molecule has 2 rings (SSSR count). The third-order valence-electron chi connectivity index (χ3n) is 3.40. The van der Waals surface area contributed by atoms with Gasteiger partial charge in [-0.15, -0.1) is 0 Å². The maximum absolute atomic E-state index is 12.6. The van der Waals surface area contributed by atoms with Crippen LogP contribution in [0.5, 0.6) is 0 Å². The summed E-state index contributed by atoms with van der Waals surface area (Å²) in [5.41, 5.74) is -0.849. The number of halogens is 3. The number of nitrogens with zero attached hydrogens (tertiary/aromatic N) is 1. The first-order valence-corrected chi connectivity index (χ1v) is 7.07. The van der Waals surface area contributed by atoms with Crippen molar-refractivity contribution in [3.8, 4) is 0 Å². The molecule has 1 aliphatic carbocycles. The Morgan fingerprint density at radius 2 is 1.95 bits per heavy atom. The second-order valence-electron chi connectivity index (χ2n) is 6.48. The fourth-order valence-electron chi connectivity index (χ4n) is 2.34. The molecule has 1 fully saturated rings. The maximum Gasteiger partial charge on any atom is 0.433 e. The van der Waals surface area contributed by atoms with E-state index in [1.165, 1.54) is 6.20 Å². The molecule has 0 aliphatic heterocycles. The third kappa shape index (κ3) is 4.35. The third-order valence-corrected chi connectivity index (χ3v) is 3.40. The van der Waals surface area contributed by atoms with Gasteiger partial charge in [0.15, 0.2) is 0 Å². The Morgan fingerprint density at radius 1 is 1.32 bits per heavy atom. The van der Waals surface area contributed by atoms with Gasteiger partial charge in [0.1, 0.15) is 11.3 Å². The predicted octanol–water partition coefficient (Wildman–Crippen LogP) is 3.87. The first-order valence-electron chi connectivity index (χ1n) is 7.07. The molecule has 1 aromatic heterocycles. The summed E-state index contributed by atoms with van der Waals surface area (Å²) in [7, 11) is 0. The van der Waals surface area contributed by atoms with Gasteiger partial charge in [0.05, 0.1) is 0 Å². The van der Waals surface area contributed by atoms with Crippen LogP contribution in [0, 0.1) is 0 Å². The highest BCUT2D eigenvalue weighted by Gasteiger charge is 2.36. The van der Waals surface area contributed by atoms with E-state index < -0.39 is 23.6 Å². The number of ether oxygens (including phenoxy) is 1. The molecule has 1 heterocycles. The predicted molar refractivity (Wildman–Crippen MR) is 74.4 cm³/mol. The van der Waals surface area contributed by atoms with Crippen LogP contribution >= 0.6 is 0 Å². The van der Waals surface area contributed by atoms with Crippen molar-refractivity contribution in [2.24, 2.45) is 0 Å². The smallest absolute Gasteiger partial charge is 0.433 e. The molecular formula is C15H19F3N2O2. The Labute approximate surface area is 127 Å². The van der Waals surface area contributed by atoms with Gasteiger partial charge in [-0.3, -0.25) is 4.98 Å². The summed E-state index contributed by atoms with van der Waals surface area (Å²) in [4.78, 5) is 14.9. The van der Waals surface area contributed by atoms with Crippen molar-refractivity contribution >= 4 is 6.09 Å². The van der Waals surface area contributed by atoms with E-state index in [-0.39, 0.29) is 12.0 Å². The minimum absolute atomic E-state index is 0.00374. The Bertz CT molecular complexity index is 546. The molecule has 1 aliphatic rings. The minimum atomic E-state index is -4.44. The lowest BCUT2D eigenvalue weighted by Gasteiger charge is -2.36. The number of alkyl carbamates (subject to hydrolysis) is 1. The Kier molecular flexibility index (Phi) is 4.35. The van der Waals surface area contributed by atoms with E-state index >= 15 is 0 Å². The van der Waals surface area contributed by atoms with Crippen molar-refractivity contribution in [2.75, 3.05) is 0 Å². The molecule has 4 nitrogen and oxygen atoms in total. The number of rotatable bonds is 2. The van der Waals surface area contributed by atoms with Gasteiger partial charge >= 0.3 is 12.3 Å². The highest BCUT2D eigenvalue weighted by Crippen LogP contribution is 2.38. The van der Waals surface area contributed by atoms with Crippen molar-refractivity contribution in [2.45, 2.75) is 57.3 Å². The second-order valence-corrected chi connectivity index (χ2v) is 6.48. The standard InChI is InChI=1S/C15H19F3N2O2/c1-14(2,3)22-13(21)20-11-6-10(7-11)9-4-5-19-12(8-9)15(16,17)18/h4-5,8,10-11H,6-7H2,1-3H3,(H,20,21). The summed E-state index contributed by atoms with van der Waals surface area (Å²) in [5.74, 6) is 0.00374. The Balaban J connectivity index is 1.88. The number of nitrogens with one attached hydrogen (secondary N) is 1. The average Bonchev–Trinajstić information content (AvgIpc) is 2.30. The molecule has 1 N–H and O–H groups in total. The number of carbonyl (C=O) groups is 1. The number of alkyl halides is 3. The number of carbonyl (C=O) groups excluding carboxylic acids is 1. The van der Waals surface area contributed by atoms with Crippen molar-refractivity contribution in [1.29, 1.82) is 0 Å². The highest BCUT2D eigenvalue weighted by atomic mass is 19.4. The molecule has 0 aromatic carbocycles. The van der Waals surface area contributed by atoms with E-state index in [2.05, 4.69) is 10.3 Å². The summed E-state index contributed by atoms with van der Waals surface area (Å²) < 4.78 is 43.0. The zero-order chi connectivity index (χ0) is 16.5. The van der Waals surface area contributed by atoms with Gasteiger partial charge < -0.3 is 10.1 Å². The lowest BCUT2D eigenvalue weighted by molar-refractivity contribution is -0.141. The molecule has 1 amide bonds. The van der Waals surface area contributed by atoms with Gasteiger partial charge in [0.2, 0.25) is 0 Å². The Morgan fingerprint density at radius 3 is 2.50 bits per heavy atom. The van der Waals surface area contributed by atoms with Crippen LogP contribution in [-0.2, 0) is 10.9 Å². The van der Waals surface area contributed by atoms with Crippen LogP contribution in [0.25, 0.3) is 0 Å². The lowest BCUT2D eigenvalue weighted by atomic mass is 9.76. The summed E-state index contributed by atoms with van der Waals surface area (Å²) in [5, 5.41) is 2.72. The molecule has 122 valence electrons. The molecule has 0 bridgehead atoms. The fraction of sp³-hybridized carbons (Fsp3) is 0.600. The van der Waals surface area contributed by atoms with E-state index in [1.54, 1.807) is 26.8 Å². The van der Waals surface area contributed by atoms with E-state index in [1.807, 2.05) is 0 Å². The molecule has 0 saturated heterocycles. The SMILES string of the molecule is CC(C)(C)OC(=O)NC1CC(c2ccnc(C(F)(F)F)c2)C1. The highest BCUT2D eigenvalue weighted by molar-refractivity contribution is 5.68. The summed E-state index contributed by atoms with van der Waals surface area (Å²) in [6.45, 7) is 5.31. The maximum atomic E-state index is 12.6. The van der Waals surface area contributed by atoms with Crippen molar-refractivity contribution in [1.82, 2.24) is 10.3 Å². The van der Waals surface area contributed by atoms with Crippen LogP contribution in [0.2, 0.25) is 0 Å². The number of hydrogen-bond donors (Lipinski definition) is 1. The topological polar surface area (TPSA) is 51.2 Å². The molecule has 0 radical (unpaired) electrons. The Hall–Kier alpha value is -1.79. The largest absolute Gasteiger partial charge is 0.444 e. The van der Waals surface area contributed by atoms with E-state index in [0.29, 0.717) is 18.4 Å². The molecule has 0 spiro atoms. The lowest BCUT2D eigenvalue weighted by Crippen LogP contribution is -2.45. The molecule has 0 atom stereocenters. The van der Waals surface area contributed by atoms with Gasteiger partial charge in [-0.2, -0.15) is 13.2 Å². The number of amides is 1. The van der Waals surface area contributed by atoms with Crippen LogP contribution in [-0.4, -0.2) is 22.7 Å². The van der Waals surface area contributed by atoms with Crippen molar-refractivity contribution < 1.29 is 22.7 Å². The van der Waals surface area contributed by atoms with Crippen LogP contribution < -0.4 is 5.32 Å². The summed E-state index contributed by atoms with van der Waals surface area (Å²) in [6.07, 6.45) is -2.57. The average molecular weight is 316 g/mol.